The molecule has 0 aliphatic carbocycles. The predicted molar refractivity (Wildman–Crippen MR) is 78.3 cm³/mol. The van der Waals surface area contributed by atoms with E-state index in [1.165, 1.54) is 5.56 Å². The largest absolute Gasteiger partial charge is 0.394 e. The van der Waals surface area contributed by atoms with Crippen molar-refractivity contribution in [2.75, 3.05) is 6.61 Å². The monoisotopic (exact) mass is 263 g/mol. The van der Waals surface area contributed by atoms with Crippen molar-refractivity contribution in [3.8, 4) is 0 Å². The molecule has 0 aliphatic rings. The van der Waals surface area contributed by atoms with E-state index in [4.69, 9.17) is 0 Å². The van der Waals surface area contributed by atoms with Gasteiger partial charge in [0.15, 0.2) is 0 Å². The maximum atomic E-state index is 12.1. The number of benzene rings is 1. The van der Waals surface area contributed by atoms with E-state index < -0.39 is 0 Å². The minimum atomic E-state index is -0.200. The van der Waals surface area contributed by atoms with E-state index in [9.17, 15) is 9.90 Å². The maximum absolute atomic E-state index is 12.1. The summed E-state index contributed by atoms with van der Waals surface area (Å²) in [4.78, 5) is 12.1. The Balaban J connectivity index is 2.74. The second-order valence-electron chi connectivity index (χ2n) is 6.42. The molecule has 106 valence electrons. The van der Waals surface area contributed by atoms with Crippen molar-refractivity contribution < 1.29 is 9.90 Å². The molecule has 0 aromatic heterocycles. The Labute approximate surface area is 116 Å². The number of aliphatic hydroxyl groups excluding tert-OH is 1. The number of hydrogen-bond acceptors (Lipinski definition) is 2. The normalized spacial score (nSPS) is 13.2. The van der Waals surface area contributed by atoms with E-state index in [-0.39, 0.29) is 24.0 Å². The van der Waals surface area contributed by atoms with Gasteiger partial charge >= 0.3 is 0 Å². The Bertz CT molecular complexity index is 447. The summed E-state index contributed by atoms with van der Waals surface area (Å²) in [5.41, 5.74) is 2.99. The molecule has 0 saturated heterocycles. The summed E-state index contributed by atoms with van der Waals surface area (Å²) in [5.74, 6) is -0.119. The Hall–Kier alpha value is -1.35. The highest BCUT2D eigenvalue weighted by Gasteiger charge is 2.20. The molecule has 0 spiro atoms. The lowest BCUT2D eigenvalue weighted by Gasteiger charge is -2.25. The number of carbonyl (C=O) groups excluding carboxylic acids is 1. The van der Waals surface area contributed by atoms with Gasteiger partial charge in [0.1, 0.15) is 0 Å². The van der Waals surface area contributed by atoms with Crippen LogP contribution in [0.15, 0.2) is 18.2 Å². The molecule has 1 aromatic carbocycles. The average Bonchev–Trinajstić information content (AvgIpc) is 2.29. The topological polar surface area (TPSA) is 49.3 Å². The molecule has 0 bridgehead atoms. The molecule has 0 radical (unpaired) electrons. The SMILES string of the molecule is Cc1ccc(C(=O)NC(CO)CC(C)(C)C)cc1C. The molecule has 3 nitrogen and oxygen atoms in total. The van der Waals surface area contributed by atoms with Gasteiger partial charge in [-0.1, -0.05) is 26.8 Å². The molecule has 0 saturated carbocycles. The van der Waals surface area contributed by atoms with Crippen molar-refractivity contribution in [2.24, 2.45) is 5.41 Å². The number of carbonyl (C=O) groups is 1. The molecule has 1 amide bonds. The molecule has 1 rings (SSSR count). The number of aryl methyl sites for hydroxylation is 2. The van der Waals surface area contributed by atoms with Crippen LogP contribution in [-0.4, -0.2) is 23.7 Å². The van der Waals surface area contributed by atoms with Crippen LogP contribution in [0.2, 0.25) is 0 Å². The van der Waals surface area contributed by atoms with Crippen molar-refractivity contribution >= 4 is 5.91 Å². The molecule has 1 aromatic rings. The van der Waals surface area contributed by atoms with E-state index in [1.54, 1.807) is 0 Å². The number of amides is 1. The summed E-state index contributed by atoms with van der Waals surface area (Å²) in [6.07, 6.45) is 0.750. The molecular weight excluding hydrogens is 238 g/mol. The first-order valence-electron chi connectivity index (χ1n) is 6.72. The molecule has 0 aliphatic heterocycles. The minimum absolute atomic E-state index is 0.0339. The zero-order valence-corrected chi connectivity index (χ0v) is 12.6. The molecule has 19 heavy (non-hydrogen) atoms. The van der Waals surface area contributed by atoms with Crippen LogP contribution in [-0.2, 0) is 0 Å². The van der Waals surface area contributed by atoms with E-state index in [2.05, 4.69) is 26.1 Å². The molecule has 1 unspecified atom stereocenters. The van der Waals surface area contributed by atoms with Crippen LogP contribution in [0, 0.1) is 19.3 Å². The third-order valence-corrected chi connectivity index (χ3v) is 3.18. The Morgan fingerprint density at radius 2 is 1.89 bits per heavy atom. The van der Waals surface area contributed by atoms with E-state index in [0.29, 0.717) is 5.56 Å². The predicted octanol–water partition coefficient (Wildman–Crippen LogP) is 2.83. The van der Waals surface area contributed by atoms with Gasteiger partial charge in [-0.3, -0.25) is 4.79 Å². The standard InChI is InChI=1S/C16H25NO2/c1-11-6-7-13(8-12(11)2)15(19)17-14(10-18)9-16(3,4)5/h6-8,14,18H,9-10H2,1-5H3,(H,17,19). The summed E-state index contributed by atoms with van der Waals surface area (Å²) < 4.78 is 0. The summed E-state index contributed by atoms with van der Waals surface area (Å²) in [7, 11) is 0. The second kappa shape index (κ2) is 6.20. The van der Waals surface area contributed by atoms with Gasteiger partial charge in [0, 0.05) is 5.56 Å². The highest BCUT2D eigenvalue weighted by atomic mass is 16.3. The lowest BCUT2D eigenvalue weighted by Crippen LogP contribution is -2.40. The third-order valence-electron chi connectivity index (χ3n) is 3.18. The van der Waals surface area contributed by atoms with Gasteiger partial charge in [-0.15, -0.1) is 0 Å². The number of nitrogens with one attached hydrogen (secondary N) is 1. The number of rotatable bonds is 4. The number of aliphatic hydroxyl groups is 1. The lowest BCUT2D eigenvalue weighted by molar-refractivity contribution is 0.0897. The molecule has 2 N–H and O–H groups in total. The van der Waals surface area contributed by atoms with Crippen LogP contribution in [0.3, 0.4) is 0 Å². The lowest BCUT2D eigenvalue weighted by atomic mass is 9.88. The average molecular weight is 263 g/mol. The summed E-state index contributed by atoms with van der Waals surface area (Å²) in [5, 5.41) is 12.3. The zero-order chi connectivity index (χ0) is 14.6. The first-order valence-corrected chi connectivity index (χ1v) is 6.72. The summed E-state index contributed by atoms with van der Waals surface area (Å²) in [6.45, 7) is 10.3. The summed E-state index contributed by atoms with van der Waals surface area (Å²) >= 11 is 0. The van der Waals surface area contributed by atoms with Crippen molar-refractivity contribution in [3.05, 3.63) is 34.9 Å². The highest BCUT2D eigenvalue weighted by Crippen LogP contribution is 2.21. The molecule has 3 heteroatoms. The van der Waals surface area contributed by atoms with Crippen molar-refractivity contribution in [1.29, 1.82) is 0 Å². The second-order valence-corrected chi connectivity index (χ2v) is 6.42. The van der Waals surface area contributed by atoms with Crippen LogP contribution in [0.1, 0.15) is 48.7 Å². The van der Waals surface area contributed by atoms with Crippen LogP contribution >= 0.6 is 0 Å². The van der Waals surface area contributed by atoms with Gasteiger partial charge in [0.25, 0.3) is 5.91 Å². The van der Waals surface area contributed by atoms with Gasteiger partial charge < -0.3 is 10.4 Å². The zero-order valence-electron chi connectivity index (χ0n) is 12.6. The van der Waals surface area contributed by atoms with Gasteiger partial charge in [0.2, 0.25) is 0 Å². The van der Waals surface area contributed by atoms with Crippen molar-refractivity contribution in [3.63, 3.8) is 0 Å². The minimum Gasteiger partial charge on any atom is -0.394 e. The van der Waals surface area contributed by atoms with E-state index >= 15 is 0 Å². The highest BCUT2D eigenvalue weighted by molar-refractivity contribution is 5.94. The Morgan fingerprint density at radius 1 is 1.26 bits per heavy atom. The first-order chi connectivity index (χ1) is 8.73. The fourth-order valence-corrected chi connectivity index (χ4v) is 2.05. The van der Waals surface area contributed by atoms with Crippen LogP contribution < -0.4 is 5.32 Å². The Morgan fingerprint density at radius 3 is 2.37 bits per heavy atom. The molecule has 1 atom stereocenters. The van der Waals surface area contributed by atoms with E-state index in [0.717, 1.165) is 12.0 Å². The summed E-state index contributed by atoms with van der Waals surface area (Å²) in [6, 6.07) is 5.45. The van der Waals surface area contributed by atoms with Gasteiger partial charge in [0.05, 0.1) is 12.6 Å². The van der Waals surface area contributed by atoms with Crippen LogP contribution in [0.4, 0.5) is 0 Å². The fourth-order valence-electron chi connectivity index (χ4n) is 2.05. The Kier molecular flexibility index (Phi) is 5.12. The smallest absolute Gasteiger partial charge is 0.251 e. The molecule has 0 heterocycles. The van der Waals surface area contributed by atoms with Gasteiger partial charge in [-0.2, -0.15) is 0 Å². The van der Waals surface area contributed by atoms with Gasteiger partial charge in [-0.05, 0) is 48.9 Å². The van der Waals surface area contributed by atoms with Crippen LogP contribution in [0.5, 0.6) is 0 Å². The van der Waals surface area contributed by atoms with E-state index in [1.807, 2.05) is 32.0 Å². The maximum Gasteiger partial charge on any atom is 0.251 e. The van der Waals surface area contributed by atoms with Crippen LogP contribution in [0.25, 0.3) is 0 Å². The quantitative estimate of drug-likeness (QED) is 0.877. The fraction of sp³-hybridized carbons (Fsp3) is 0.562. The van der Waals surface area contributed by atoms with Crippen molar-refractivity contribution in [1.82, 2.24) is 5.32 Å². The van der Waals surface area contributed by atoms with Crippen molar-refractivity contribution in [2.45, 2.75) is 47.1 Å². The van der Waals surface area contributed by atoms with Gasteiger partial charge in [-0.25, -0.2) is 0 Å². The molecular formula is C16H25NO2. The first kappa shape index (κ1) is 15.7. The third kappa shape index (κ3) is 5.03. The number of hydrogen-bond donors (Lipinski definition) is 2. The molecule has 0 fully saturated rings.